The average molecular weight is 198 g/mol. The summed E-state index contributed by atoms with van der Waals surface area (Å²) in [5.74, 6) is 0. The van der Waals surface area contributed by atoms with Crippen molar-refractivity contribution in [2.45, 2.75) is 13.3 Å². The Labute approximate surface area is 80.1 Å². The van der Waals surface area contributed by atoms with Crippen LogP contribution in [0, 0.1) is 0 Å². The van der Waals surface area contributed by atoms with E-state index in [0.717, 1.165) is 21.5 Å². The Morgan fingerprint density at radius 2 is 2.33 bits per heavy atom. The summed E-state index contributed by atoms with van der Waals surface area (Å²) in [4.78, 5) is 0. The summed E-state index contributed by atoms with van der Waals surface area (Å²) in [6.45, 7) is 2.11. The van der Waals surface area contributed by atoms with Crippen LogP contribution >= 0.6 is 23.1 Å². The van der Waals surface area contributed by atoms with Gasteiger partial charge in [0.25, 0.3) is 0 Å². The van der Waals surface area contributed by atoms with Crippen molar-refractivity contribution >= 4 is 33.2 Å². The van der Waals surface area contributed by atoms with Gasteiger partial charge in [-0.1, -0.05) is 30.7 Å². The van der Waals surface area contributed by atoms with Gasteiger partial charge in [-0.3, -0.25) is 0 Å². The van der Waals surface area contributed by atoms with E-state index in [1.807, 2.05) is 6.20 Å². The van der Waals surface area contributed by atoms with E-state index in [-0.39, 0.29) is 0 Å². The minimum Gasteiger partial charge on any atom is -0.200 e. The molecule has 0 saturated heterocycles. The van der Waals surface area contributed by atoms with Crippen LogP contribution in [0.4, 0.5) is 0 Å². The van der Waals surface area contributed by atoms with Crippen LogP contribution in [0.1, 0.15) is 12.5 Å². The highest BCUT2D eigenvalue weighted by Gasteiger charge is 2.04. The molecule has 0 amide bonds. The van der Waals surface area contributed by atoms with E-state index >= 15 is 0 Å². The quantitative estimate of drug-likeness (QED) is 0.682. The van der Waals surface area contributed by atoms with Crippen molar-refractivity contribution in [2.75, 3.05) is 0 Å². The van der Waals surface area contributed by atoms with E-state index < -0.39 is 0 Å². The summed E-state index contributed by atoms with van der Waals surface area (Å²) >= 11 is 7.62. The maximum atomic E-state index is 6.15. The van der Waals surface area contributed by atoms with Crippen LogP contribution in [-0.2, 0) is 6.42 Å². The number of rotatable bonds is 1. The van der Waals surface area contributed by atoms with Gasteiger partial charge >= 0.3 is 0 Å². The summed E-state index contributed by atoms with van der Waals surface area (Å²) in [5, 5.41) is 2.01. The molecule has 1 aromatic carbocycles. The summed E-state index contributed by atoms with van der Waals surface area (Å²) in [6.07, 6.45) is 2.83. The van der Waals surface area contributed by atoms with Crippen LogP contribution in [-0.4, -0.2) is 4.37 Å². The number of benzene rings is 1. The van der Waals surface area contributed by atoms with E-state index in [4.69, 9.17) is 11.6 Å². The molecule has 0 spiro atoms. The molecule has 0 saturated carbocycles. The molecule has 0 unspecified atom stereocenters. The maximum absolute atomic E-state index is 6.15. The summed E-state index contributed by atoms with van der Waals surface area (Å²) in [6, 6.07) is 4.14. The first kappa shape index (κ1) is 8.02. The molecule has 0 radical (unpaired) electrons. The van der Waals surface area contributed by atoms with Gasteiger partial charge < -0.3 is 0 Å². The molecular weight excluding hydrogens is 190 g/mol. The Morgan fingerprint density at radius 1 is 1.50 bits per heavy atom. The summed E-state index contributed by atoms with van der Waals surface area (Å²) in [7, 11) is 0. The van der Waals surface area contributed by atoms with Crippen LogP contribution in [0.15, 0.2) is 18.3 Å². The summed E-state index contributed by atoms with van der Waals surface area (Å²) < 4.78 is 5.20. The highest BCUT2D eigenvalue weighted by Crippen LogP contribution is 2.30. The van der Waals surface area contributed by atoms with Gasteiger partial charge in [-0.25, -0.2) is 0 Å². The standard InChI is InChI=1S/C9H8ClNS/c1-2-6-3-4-7-5-11-12-9(7)8(6)10/h3-5H,2H2,1H3. The van der Waals surface area contributed by atoms with Gasteiger partial charge in [0.15, 0.2) is 0 Å². The lowest BCUT2D eigenvalue weighted by Gasteiger charge is -1.99. The molecule has 0 aliphatic carbocycles. The molecule has 2 rings (SSSR count). The van der Waals surface area contributed by atoms with Gasteiger partial charge in [0.1, 0.15) is 0 Å². The molecule has 1 heterocycles. The lowest BCUT2D eigenvalue weighted by atomic mass is 10.1. The molecule has 0 atom stereocenters. The number of hydrogen-bond acceptors (Lipinski definition) is 2. The van der Waals surface area contributed by atoms with E-state index in [1.54, 1.807) is 0 Å². The monoisotopic (exact) mass is 197 g/mol. The first-order chi connectivity index (χ1) is 5.83. The topological polar surface area (TPSA) is 12.9 Å². The lowest BCUT2D eigenvalue weighted by molar-refractivity contribution is 1.15. The SMILES string of the molecule is CCc1ccc2cnsc2c1Cl. The van der Waals surface area contributed by atoms with Crippen molar-refractivity contribution in [1.82, 2.24) is 4.37 Å². The lowest BCUT2D eigenvalue weighted by Crippen LogP contribution is -1.80. The highest BCUT2D eigenvalue weighted by atomic mass is 35.5. The number of fused-ring (bicyclic) bond motifs is 1. The molecule has 2 aromatic rings. The zero-order valence-electron chi connectivity index (χ0n) is 6.67. The molecule has 3 heteroatoms. The van der Waals surface area contributed by atoms with Crippen molar-refractivity contribution in [2.24, 2.45) is 0 Å². The Bertz CT molecular complexity index is 408. The van der Waals surface area contributed by atoms with Gasteiger partial charge in [0.2, 0.25) is 0 Å². The normalized spacial score (nSPS) is 10.8. The average Bonchev–Trinajstić information content (AvgIpc) is 2.53. The molecule has 0 N–H and O–H groups in total. The van der Waals surface area contributed by atoms with Crippen molar-refractivity contribution in [3.8, 4) is 0 Å². The van der Waals surface area contributed by atoms with Gasteiger partial charge in [0.05, 0.1) is 9.72 Å². The molecule has 1 aromatic heterocycles. The Morgan fingerprint density at radius 3 is 3.08 bits per heavy atom. The van der Waals surface area contributed by atoms with Crippen molar-refractivity contribution in [3.63, 3.8) is 0 Å². The van der Waals surface area contributed by atoms with Gasteiger partial charge in [-0.05, 0) is 23.5 Å². The predicted molar refractivity (Wildman–Crippen MR) is 54.0 cm³/mol. The van der Waals surface area contributed by atoms with Crippen LogP contribution < -0.4 is 0 Å². The fourth-order valence-corrected chi connectivity index (χ4v) is 2.33. The molecule has 0 aliphatic rings. The minimum atomic E-state index is 0.873. The van der Waals surface area contributed by atoms with Gasteiger partial charge in [-0.15, -0.1) is 0 Å². The molecular formula is C9H8ClNS. The fraction of sp³-hybridized carbons (Fsp3) is 0.222. The fourth-order valence-electron chi connectivity index (χ4n) is 1.22. The second-order valence-corrected chi connectivity index (χ2v) is 3.82. The second kappa shape index (κ2) is 3.04. The van der Waals surface area contributed by atoms with Gasteiger partial charge in [0, 0.05) is 11.6 Å². The molecule has 62 valence electrons. The smallest absolute Gasteiger partial charge is 0.0738 e. The Balaban J connectivity index is 2.78. The zero-order chi connectivity index (χ0) is 8.55. The van der Waals surface area contributed by atoms with Crippen LogP contribution in [0.2, 0.25) is 5.02 Å². The van der Waals surface area contributed by atoms with E-state index in [2.05, 4.69) is 23.4 Å². The number of halogens is 1. The molecule has 1 nitrogen and oxygen atoms in total. The third kappa shape index (κ3) is 1.11. The molecule has 0 aliphatic heterocycles. The zero-order valence-corrected chi connectivity index (χ0v) is 8.25. The van der Waals surface area contributed by atoms with E-state index in [1.165, 1.54) is 17.1 Å². The predicted octanol–water partition coefficient (Wildman–Crippen LogP) is 3.51. The number of hydrogen-bond donors (Lipinski definition) is 0. The largest absolute Gasteiger partial charge is 0.200 e. The van der Waals surface area contributed by atoms with Crippen LogP contribution in [0.25, 0.3) is 10.1 Å². The Hall–Kier alpha value is -0.600. The highest BCUT2D eigenvalue weighted by molar-refractivity contribution is 7.14. The molecule has 0 bridgehead atoms. The number of aromatic nitrogens is 1. The van der Waals surface area contributed by atoms with Crippen molar-refractivity contribution in [1.29, 1.82) is 0 Å². The van der Waals surface area contributed by atoms with Crippen molar-refractivity contribution in [3.05, 3.63) is 28.9 Å². The Kier molecular flexibility index (Phi) is 2.03. The maximum Gasteiger partial charge on any atom is 0.0738 e. The molecule has 0 fully saturated rings. The van der Waals surface area contributed by atoms with Crippen LogP contribution in [0.5, 0.6) is 0 Å². The molecule has 12 heavy (non-hydrogen) atoms. The third-order valence-electron chi connectivity index (χ3n) is 1.92. The van der Waals surface area contributed by atoms with Gasteiger partial charge in [-0.2, -0.15) is 4.37 Å². The second-order valence-electron chi connectivity index (χ2n) is 2.64. The first-order valence-corrected chi connectivity index (χ1v) is 5.00. The van der Waals surface area contributed by atoms with Crippen LogP contribution in [0.3, 0.4) is 0 Å². The minimum absolute atomic E-state index is 0.873. The van der Waals surface area contributed by atoms with E-state index in [0.29, 0.717) is 0 Å². The first-order valence-electron chi connectivity index (χ1n) is 3.84. The number of nitrogens with zero attached hydrogens (tertiary/aromatic N) is 1. The third-order valence-corrected chi connectivity index (χ3v) is 3.30. The van der Waals surface area contributed by atoms with E-state index in [9.17, 15) is 0 Å². The van der Waals surface area contributed by atoms with Crippen molar-refractivity contribution < 1.29 is 0 Å². The summed E-state index contributed by atoms with van der Waals surface area (Å²) in [5.41, 5.74) is 1.20. The number of aryl methyl sites for hydroxylation is 1.